The summed E-state index contributed by atoms with van der Waals surface area (Å²) in [5.41, 5.74) is 1.12. The van der Waals surface area contributed by atoms with Crippen molar-refractivity contribution in [3.8, 4) is 11.5 Å². The molecule has 106 valence electrons. The van der Waals surface area contributed by atoms with Gasteiger partial charge in [0.1, 0.15) is 12.4 Å². The van der Waals surface area contributed by atoms with Crippen molar-refractivity contribution in [3.63, 3.8) is 0 Å². The number of benzene rings is 1. The summed E-state index contributed by atoms with van der Waals surface area (Å²) in [7, 11) is 1.67. The average Bonchev–Trinajstić information content (AvgIpc) is 3.16. The quantitative estimate of drug-likeness (QED) is 0.834. The minimum Gasteiger partial charge on any atom is -0.497 e. The van der Waals surface area contributed by atoms with Crippen LogP contribution in [0, 0.1) is 0 Å². The first-order valence-electron chi connectivity index (χ1n) is 7.15. The Morgan fingerprint density at radius 3 is 2.60 bits per heavy atom. The number of hydrogen-bond donors (Lipinski definition) is 0. The van der Waals surface area contributed by atoms with Gasteiger partial charge in [0.2, 0.25) is 0 Å². The van der Waals surface area contributed by atoms with E-state index in [4.69, 9.17) is 9.47 Å². The summed E-state index contributed by atoms with van der Waals surface area (Å²) >= 11 is 0. The molecular weight excluding hydrogens is 252 g/mol. The summed E-state index contributed by atoms with van der Waals surface area (Å²) in [6.07, 6.45) is 8.92. The van der Waals surface area contributed by atoms with Crippen molar-refractivity contribution in [3.05, 3.63) is 42.2 Å². The van der Waals surface area contributed by atoms with E-state index in [9.17, 15) is 0 Å². The molecule has 1 fully saturated rings. The zero-order valence-electron chi connectivity index (χ0n) is 11.8. The monoisotopic (exact) mass is 272 g/mol. The van der Waals surface area contributed by atoms with Crippen LogP contribution in [0.15, 0.2) is 36.7 Å². The van der Waals surface area contributed by atoms with E-state index in [2.05, 4.69) is 9.78 Å². The van der Waals surface area contributed by atoms with Gasteiger partial charge in [-0.1, -0.05) is 25.0 Å². The van der Waals surface area contributed by atoms with Crippen molar-refractivity contribution < 1.29 is 9.47 Å². The molecule has 0 aliphatic heterocycles. The van der Waals surface area contributed by atoms with Gasteiger partial charge >= 0.3 is 0 Å². The van der Waals surface area contributed by atoms with Gasteiger partial charge in [0.15, 0.2) is 5.75 Å². The van der Waals surface area contributed by atoms with Crippen LogP contribution in [0.3, 0.4) is 0 Å². The molecule has 0 bridgehead atoms. The summed E-state index contributed by atoms with van der Waals surface area (Å²) in [6, 6.07) is 8.48. The Balaban J connectivity index is 1.57. The molecule has 0 radical (unpaired) electrons. The second-order valence-corrected chi connectivity index (χ2v) is 5.23. The van der Waals surface area contributed by atoms with E-state index in [1.807, 2.05) is 36.7 Å². The highest BCUT2D eigenvalue weighted by Crippen LogP contribution is 2.29. The number of hydrogen-bond acceptors (Lipinski definition) is 3. The highest BCUT2D eigenvalue weighted by molar-refractivity contribution is 5.27. The van der Waals surface area contributed by atoms with Crippen molar-refractivity contribution in [2.45, 2.75) is 38.3 Å². The van der Waals surface area contributed by atoms with Gasteiger partial charge in [0.25, 0.3) is 0 Å². The molecule has 1 aliphatic rings. The highest BCUT2D eigenvalue weighted by atomic mass is 16.5. The molecule has 1 aliphatic carbocycles. The summed E-state index contributed by atoms with van der Waals surface area (Å²) in [6.45, 7) is 0.556. The predicted molar refractivity (Wildman–Crippen MR) is 77.1 cm³/mol. The molecule has 0 amide bonds. The van der Waals surface area contributed by atoms with Crippen LogP contribution in [0.4, 0.5) is 0 Å². The minimum atomic E-state index is 0.556. The summed E-state index contributed by atoms with van der Waals surface area (Å²) < 4.78 is 13.0. The Morgan fingerprint density at radius 2 is 1.90 bits per heavy atom. The number of aromatic nitrogens is 2. The summed E-state index contributed by atoms with van der Waals surface area (Å²) in [5.74, 6) is 1.70. The second-order valence-electron chi connectivity index (χ2n) is 5.23. The Labute approximate surface area is 119 Å². The van der Waals surface area contributed by atoms with Gasteiger partial charge in [-0.3, -0.25) is 4.68 Å². The lowest BCUT2D eigenvalue weighted by Gasteiger charge is -2.08. The van der Waals surface area contributed by atoms with Gasteiger partial charge in [0.05, 0.1) is 25.5 Å². The molecule has 0 saturated heterocycles. The van der Waals surface area contributed by atoms with Gasteiger partial charge in [0, 0.05) is 0 Å². The first-order chi connectivity index (χ1) is 9.85. The lowest BCUT2D eigenvalue weighted by Crippen LogP contribution is -2.04. The molecule has 1 heterocycles. The fraction of sp³-hybridized carbons (Fsp3) is 0.438. The van der Waals surface area contributed by atoms with E-state index < -0.39 is 0 Å². The van der Waals surface area contributed by atoms with Gasteiger partial charge in [-0.2, -0.15) is 5.10 Å². The van der Waals surface area contributed by atoms with Crippen molar-refractivity contribution >= 4 is 0 Å². The molecule has 20 heavy (non-hydrogen) atoms. The Bertz CT molecular complexity index is 542. The number of ether oxygens (including phenoxy) is 2. The van der Waals surface area contributed by atoms with Crippen LogP contribution < -0.4 is 9.47 Å². The number of nitrogens with zero attached hydrogens (tertiary/aromatic N) is 2. The van der Waals surface area contributed by atoms with E-state index in [1.165, 1.54) is 25.7 Å². The molecular formula is C16H20N2O2. The lowest BCUT2D eigenvalue weighted by atomic mass is 10.2. The van der Waals surface area contributed by atoms with Gasteiger partial charge in [-0.15, -0.1) is 0 Å². The van der Waals surface area contributed by atoms with Gasteiger partial charge < -0.3 is 9.47 Å². The normalized spacial score (nSPS) is 15.4. The summed E-state index contributed by atoms with van der Waals surface area (Å²) in [5, 5.41) is 4.41. The van der Waals surface area contributed by atoms with Crippen LogP contribution in [-0.4, -0.2) is 16.9 Å². The molecule has 3 rings (SSSR count). The zero-order chi connectivity index (χ0) is 13.8. The fourth-order valence-electron chi connectivity index (χ4n) is 2.65. The van der Waals surface area contributed by atoms with E-state index in [0.717, 1.165) is 17.1 Å². The molecule has 4 heteroatoms. The van der Waals surface area contributed by atoms with Crippen LogP contribution in [-0.2, 0) is 6.61 Å². The molecule has 1 saturated carbocycles. The zero-order valence-corrected chi connectivity index (χ0v) is 11.8. The van der Waals surface area contributed by atoms with Gasteiger partial charge in [-0.05, 0) is 30.5 Å². The van der Waals surface area contributed by atoms with Crippen LogP contribution >= 0.6 is 0 Å². The molecule has 0 spiro atoms. The Morgan fingerprint density at radius 1 is 1.15 bits per heavy atom. The minimum absolute atomic E-state index is 0.556. The Kier molecular flexibility index (Phi) is 3.90. The van der Waals surface area contributed by atoms with Crippen LogP contribution in [0.25, 0.3) is 0 Å². The largest absolute Gasteiger partial charge is 0.497 e. The number of methoxy groups -OCH3 is 1. The average molecular weight is 272 g/mol. The smallest absolute Gasteiger partial charge is 0.157 e. The second kappa shape index (κ2) is 5.99. The van der Waals surface area contributed by atoms with Crippen molar-refractivity contribution in [2.24, 2.45) is 0 Å². The van der Waals surface area contributed by atoms with E-state index >= 15 is 0 Å². The molecule has 4 nitrogen and oxygen atoms in total. The van der Waals surface area contributed by atoms with Crippen molar-refractivity contribution in [1.82, 2.24) is 9.78 Å². The van der Waals surface area contributed by atoms with Gasteiger partial charge in [-0.25, -0.2) is 0 Å². The van der Waals surface area contributed by atoms with Crippen LogP contribution in [0.2, 0.25) is 0 Å². The van der Waals surface area contributed by atoms with Crippen molar-refractivity contribution in [1.29, 1.82) is 0 Å². The maximum atomic E-state index is 5.78. The third-order valence-corrected chi connectivity index (χ3v) is 3.84. The standard InChI is InChI=1S/C16H20N2O2/c1-19-15-8-6-13(7-9-15)12-20-16-10-17-18(11-16)14-4-2-3-5-14/h6-11,14H,2-5,12H2,1H3. The molecule has 2 aromatic rings. The number of rotatable bonds is 5. The first-order valence-corrected chi connectivity index (χ1v) is 7.15. The maximum absolute atomic E-state index is 5.78. The summed E-state index contributed by atoms with van der Waals surface area (Å²) in [4.78, 5) is 0. The Hall–Kier alpha value is -1.97. The molecule has 0 unspecified atom stereocenters. The van der Waals surface area contributed by atoms with Crippen LogP contribution in [0.1, 0.15) is 37.3 Å². The third kappa shape index (κ3) is 2.95. The molecule has 1 aromatic carbocycles. The topological polar surface area (TPSA) is 36.3 Å². The third-order valence-electron chi connectivity index (χ3n) is 3.84. The van der Waals surface area contributed by atoms with Crippen molar-refractivity contribution in [2.75, 3.05) is 7.11 Å². The maximum Gasteiger partial charge on any atom is 0.157 e. The van der Waals surface area contributed by atoms with Crippen LogP contribution in [0.5, 0.6) is 11.5 Å². The predicted octanol–water partition coefficient (Wildman–Crippen LogP) is 3.59. The van der Waals surface area contributed by atoms with E-state index in [0.29, 0.717) is 12.6 Å². The molecule has 0 atom stereocenters. The fourth-order valence-corrected chi connectivity index (χ4v) is 2.65. The highest BCUT2D eigenvalue weighted by Gasteiger charge is 2.17. The lowest BCUT2D eigenvalue weighted by molar-refractivity contribution is 0.305. The van der Waals surface area contributed by atoms with E-state index in [1.54, 1.807) is 7.11 Å². The first kappa shape index (κ1) is 13.0. The SMILES string of the molecule is COc1ccc(COc2cnn(C3CCCC3)c2)cc1. The van der Waals surface area contributed by atoms with E-state index in [-0.39, 0.29) is 0 Å². The molecule has 0 N–H and O–H groups in total. The molecule has 1 aromatic heterocycles.